The first kappa shape index (κ1) is 26.7. The number of nitrogens with zero attached hydrogens (tertiary/aromatic N) is 2. The van der Waals surface area contributed by atoms with Crippen molar-refractivity contribution in [3.63, 3.8) is 0 Å². The Hall–Kier alpha value is -2.92. The first-order valence-electron chi connectivity index (χ1n) is 11.1. The van der Waals surface area contributed by atoms with E-state index < -0.39 is 22.5 Å². The fraction of sp³-hybridized carbons (Fsp3) is 0.231. The molecule has 0 bridgehead atoms. The molecule has 0 aliphatic rings. The number of carbonyl (C=O) groups is 1. The highest BCUT2D eigenvalue weighted by Crippen LogP contribution is 2.24. The molecule has 0 aliphatic heterocycles. The molecule has 0 radical (unpaired) electrons. The summed E-state index contributed by atoms with van der Waals surface area (Å²) in [6, 6.07) is 22.3. The summed E-state index contributed by atoms with van der Waals surface area (Å²) < 4.78 is 34.3. The van der Waals surface area contributed by atoms with Gasteiger partial charge in [-0.25, -0.2) is 13.8 Å². The Morgan fingerprint density at radius 1 is 1.03 bits per heavy atom. The number of hydrazone groups is 1. The molecule has 0 fully saturated rings. The Bertz CT molecular complexity index is 1230. The van der Waals surface area contributed by atoms with Gasteiger partial charge in [0.05, 0.1) is 23.4 Å². The van der Waals surface area contributed by atoms with Crippen LogP contribution in [0, 0.1) is 9.49 Å². The maximum Gasteiger partial charge on any atom is 0.264 e. The maximum absolute atomic E-state index is 13.3. The van der Waals surface area contributed by atoms with Crippen molar-refractivity contribution in [2.45, 2.75) is 25.2 Å². The van der Waals surface area contributed by atoms with Gasteiger partial charge >= 0.3 is 0 Å². The molecular formula is C26H28IN3O4S. The normalized spacial score (nSPS) is 11.5. The van der Waals surface area contributed by atoms with Crippen LogP contribution in [0.1, 0.15) is 25.8 Å². The monoisotopic (exact) mass is 605 g/mol. The number of amides is 1. The third kappa shape index (κ3) is 8.07. The Morgan fingerprint density at radius 2 is 1.69 bits per heavy atom. The molecule has 0 aromatic heterocycles. The number of benzene rings is 3. The van der Waals surface area contributed by atoms with Gasteiger partial charge in [-0.3, -0.25) is 9.10 Å². The number of hydrogen-bond acceptors (Lipinski definition) is 5. The summed E-state index contributed by atoms with van der Waals surface area (Å²) >= 11 is 2.14. The van der Waals surface area contributed by atoms with Gasteiger partial charge in [-0.05, 0) is 101 Å². The van der Waals surface area contributed by atoms with E-state index in [0.29, 0.717) is 18.2 Å². The van der Waals surface area contributed by atoms with Crippen molar-refractivity contribution in [1.29, 1.82) is 0 Å². The van der Waals surface area contributed by atoms with Gasteiger partial charge in [0.15, 0.2) is 0 Å². The van der Waals surface area contributed by atoms with Crippen molar-refractivity contribution in [1.82, 2.24) is 5.43 Å². The third-order valence-electron chi connectivity index (χ3n) is 4.98. The van der Waals surface area contributed by atoms with E-state index >= 15 is 0 Å². The Morgan fingerprint density at radius 3 is 2.31 bits per heavy atom. The van der Waals surface area contributed by atoms with Crippen molar-refractivity contribution in [3.8, 4) is 5.75 Å². The summed E-state index contributed by atoms with van der Waals surface area (Å²) in [4.78, 5) is 12.7. The van der Waals surface area contributed by atoms with Gasteiger partial charge in [-0.15, -0.1) is 0 Å². The topological polar surface area (TPSA) is 88.1 Å². The van der Waals surface area contributed by atoms with E-state index in [-0.39, 0.29) is 4.90 Å². The van der Waals surface area contributed by atoms with Crippen LogP contribution in [-0.2, 0) is 14.8 Å². The lowest BCUT2D eigenvalue weighted by molar-refractivity contribution is -0.119. The molecule has 0 atom stereocenters. The fourth-order valence-corrected chi connectivity index (χ4v) is 4.85. The largest absolute Gasteiger partial charge is 0.494 e. The summed E-state index contributed by atoms with van der Waals surface area (Å²) in [5.41, 5.74) is 3.58. The molecule has 0 saturated carbocycles. The van der Waals surface area contributed by atoms with Crippen LogP contribution in [-0.4, -0.2) is 33.7 Å². The zero-order valence-corrected chi connectivity index (χ0v) is 22.6. The molecule has 3 rings (SSSR count). The second kappa shape index (κ2) is 12.7. The zero-order chi connectivity index (χ0) is 25.3. The summed E-state index contributed by atoms with van der Waals surface area (Å²) in [6.45, 7) is 4.53. The number of carbonyl (C=O) groups excluding carboxylic acids is 1. The van der Waals surface area contributed by atoms with E-state index in [9.17, 15) is 13.2 Å². The standard InChI is InChI=1S/C26H28IN3O4S/c1-20(2)16-17-34-24-14-8-21(9-15-24)18-28-29-26(31)19-30(23-12-10-22(27)11-13-23)35(32,33)25-6-4-3-5-7-25/h3-15,18,20H,16-17,19H2,1-2H3,(H,29,31)/b28-18-. The van der Waals surface area contributed by atoms with Crippen LogP contribution >= 0.6 is 22.6 Å². The Balaban J connectivity index is 1.67. The number of ether oxygens (including phenoxy) is 1. The van der Waals surface area contributed by atoms with Crippen LogP contribution in [0.15, 0.2) is 88.9 Å². The molecule has 0 heterocycles. The Labute approximate surface area is 220 Å². The Kier molecular flexibility index (Phi) is 9.67. The van der Waals surface area contributed by atoms with Crippen LogP contribution in [0.25, 0.3) is 0 Å². The minimum atomic E-state index is -3.95. The first-order valence-corrected chi connectivity index (χ1v) is 13.7. The second-order valence-corrected chi connectivity index (χ2v) is 11.3. The lowest BCUT2D eigenvalue weighted by Crippen LogP contribution is -2.39. The number of nitrogens with one attached hydrogen (secondary N) is 1. The lowest BCUT2D eigenvalue weighted by Gasteiger charge is -2.23. The smallest absolute Gasteiger partial charge is 0.264 e. The van der Waals surface area contributed by atoms with Gasteiger partial charge < -0.3 is 4.74 Å². The fourth-order valence-electron chi connectivity index (χ4n) is 3.05. The van der Waals surface area contributed by atoms with Crippen molar-refractivity contribution in [2.24, 2.45) is 11.0 Å². The molecule has 35 heavy (non-hydrogen) atoms. The lowest BCUT2D eigenvalue weighted by atomic mass is 10.1. The molecule has 0 unspecified atom stereocenters. The van der Waals surface area contributed by atoms with Crippen molar-refractivity contribution < 1.29 is 17.9 Å². The molecule has 1 N–H and O–H groups in total. The average molecular weight is 605 g/mol. The van der Waals surface area contributed by atoms with E-state index in [2.05, 4.69) is 47.0 Å². The molecule has 3 aromatic carbocycles. The number of rotatable bonds is 11. The van der Waals surface area contributed by atoms with Crippen LogP contribution in [0.4, 0.5) is 5.69 Å². The number of anilines is 1. The second-order valence-electron chi connectivity index (χ2n) is 8.19. The predicted molar refractivity (Wildman–Crippen MR) is 147 cm³/mol. The highest BCUT2D eigenvalue weighted by atomic mass is 127. The third-order valence-corrected chi connectivity index (χ3v) is 7.49. The summed E-state index contributed by atoms with van der Waals surface area (Å²) in [6.07, 6.45) is 2.48. The average Bonchev–Trinajstić information content (AvgIpc) is 2.84. The summed E-state index contributed by atoms with van der Waals surface area (Å²) in [5.74, 6) is 0.785. The van der Waals surface area contributed by atoms with Crippen LogP contribution in [0.3, 0.4) is 0 Å². The van der Waals surface area contributed by atoms with E-state index in [1.807, 2.05) is 24.3 Å². The SMILES string of the molecule is CC(C)CCOc1ccc(/C=N\NC(=O)CN(c2ccc(I)cc2)S(=O)(=O)c2ccccc2)cc1. The minimum absolute atomic E-state index is 0.102. The highest BCUT2D eigenvalue weighted by molar-refractivity contribution is 14.1. The van der Waals surface area contributed by atoms with Crippen molar-refractivity contribution in [2.75, 3.05) is 17.5 Å². The molecule has 0 aliphatic carbocycles. The van der Waals surface area contributed by atoms with Crippen LogP contribution < -0.4 is 14.5 Å². The number of hydrogen-bond donors (Lipinski definition) is 1. The van der Waals surface area contributed by atoms with E-state index in [1.54, 1.807) is 42.5 Å². The van der Waals surface area contributed by atoms with Crippen molar-refractivity contribution >= 4 is 50.4 Å². The molecule has 184 valence electrons. The molecule has 1 amide bonds. The van der Waals surface area contributed by atoms with Crippen molar-refractivity contribution in [3.05, 3.63) is 88.0 Å². The molecule has 3 aromatic rings. The van der Waals surface area contributed by atoms with Gasteiger partial charge in [0.1, 0.15) is 12.3 Å². The van der Waals surface area contributed by atoms with Gasteiger partial charge in [0.25, 0.3) is 15.9 Å². The first-order chi connectivity index (χ1) is 16.8. The number of halogens is 1. The van der Waals surface area contributed by atoms with E-state index in [0.717, 1.165) is 25.6 Å². The predicted octanol–water partition coefficient (Wildman–Crippen LogP) is 5.06. The van der Waals surface area contributed by atoms with Gasteiger partial charge in [0.2, 0.25) is 0 Å². The maximum atomic E-state index is 13.3. The van der Waals surface area contributed by atoms with Gasteiger partial charge in [-0.1, -0.05) is 32.0 Å². The zero-order valence-electron chi connectivity index (χ0n) is 19.6. The van der Waals surface area contributed by atoms with Gasteiger partial charge in [-0.2, -0.15) is 5.10 Å². The molecule has 7 nitrogen and oxygen atoms in total. The summed E-state index contributed by atoms with van der Waals surface area (Å²) in [5, 5.41) is 3.98. The molecule has 0 saturated heterocycles. The minimum Gasteiger partial charge on any atom is -0.494 e. The van der Waals surface area contributed by atoms with E-state index in [4.69, 9.17) is 4.74 Å². The van der Waals surface area contributed by atoms with Crippen LogP contribution in [0.2, 0.25) is 0 Å². The summed E-state index contributed by atoms with van der Waals surface area (Å²) in [7, 11) is -3.95. The molecule has 0 spiro atoms. The van der Waals surface area contributed by atoms with Crippen LogP contribution in [0.5, 0.6) is 5.75 Å². The van der Waals surface area contributed by atoms with E-state index in [1.165, 1.54) is 18.3 Å². The van der Waals surface area contributed by atoms with Gasteiger partial charge in [0, 0.05) is 3.57 Å². The quantitative estimate of drug-likeness (QED) is 0.188. The number of sulfonamides is 1. The highest BCUT2D eigenvalue weighted by Gasteiger charge is 2.27. The molecule has 9 heteroatoms. The molecular weight excluding hydrogens is 577 g/mol.